The predicted octanol–water partition coefficient (Wildman–Crippen LogP) is 4.18. The molecule has 23 heavy (non-hydrogen) atoms. The second kappa shape index (κ2) is 7.12. The van der Waals surface area contributed by atoms with Crippen molar-refractivity contribution in [3.63, 3.8) is 0 Å². The molecular formula is C16H16F3NO2S. The van der Waals surface area contributed by atoms with Crippen LogP contribution >= 0.6 is 11.8 Å². The molecule has 0 aliphatic carbocycles. The number of allylic oxidation sites excluding steroid dienone is 2. The van der Waals surface area contributed by atoms with E-state index in [2.05, 4.69) is 5.32 Å². The van der Waals surface area contributed by atoms with Crippen LogP contribution in [0.15, 0.2) is 40.5 Å². The Balaban J connectivity index is 2.37. The molecule has 1 aromatic carbocycles. The summed E-state index contributed by atoms with van der Waals surface area (Å²) in [5.41, 5.74) is -0.314. The summed E-state index contributed by atoms with van der Waals surface area (Å²) < 4.78 is 43.8. The van der Waals surface area contributed by atoms with Gasteiger partial charge in [0.05, 0.1) is 27.7 Å². The molecule has 0 spiro atoms. The van der Waals surface area contributed by atoms with E-state index in [1.807, 2.05) is 6.92 Å². The molecule has 1 heterocycles. The van der Waals surface area contributed by atoms with Crippen molar-refractivity contribution < 1.29 is 22.7 Å². The van der Waals surface area contributed by atoms with Gasteiger partial charge in [0.1, 0.15) is 6.26 Å². The van der Waals surface area contributed by atoms with Crippen molar-refractivity contribution in [1.82, 2.24) is 5.32 Å². The van der Waals surface area contributed by atoms with Crippen LogP contribution in [0.4, 0.5) is 13.2 Å². The Bertz CT molecular complexity index is 666. The van der Waals surface area contributed by atoms with Gasteiger partial charge in [0.2, 0.25) is 5.78 Å². The molecule has 7 heteroatoms. The largest absolute Gasteiger partial charge is 0.500 e. The average molecular weight is 343 g/mol. The van der Waals surface area contributed by atoms with Crippen LogP contribution in [0.2, 0.25) is 0 Å². The van der Waals surface area contributed by atoms with Gasteiger partial charge in [-0.2, -0.15) is 13.2 Å². The van der Waals surface area contributed by atoms with Crippen LogP contribution in [0.1, 0.15) is 24.5 Å². The Kier molecular flexibility index (Phi) is 5.41. The summed E-state index contributed by atoms with van der Waals surface area (Å²) in [4.78, 5) is 12.8. The van der Waals surface area contributed by atoms with Gasteiger partial charge >= 0.3 is 6.18 Å². The van der Waals surface area contributed by atoms with Crippen LogP contribution in [-0.2, 0) is 15.7 Å². The lowest BCUT2D eigenvalue weighted by Gasteiger charge is -2.09. The predicted molar refractivity (Wildman–Crippen MR) is 84.3 cm³/mol. The van der Waals surface area contributed by atoms with Gasteiger partial charge in [-0.25, -0.2) is 0 Å². The molecule has 0 unspecified atom stereocenters. The first-order chi connectivity index (χ1) is 10.9. The SMILES string of the molecule is CCCO/C=C1/SC(NC)=C(c2cccc(C(F)(F)F)c2)C1=O. The lowest BCUT2D eigenvalue weighted by molar-refractivity contribution is -0.137. The molecule has 0 fully saturated rings. The molecule has 0 saturated heterocycles. The van der Waals surface area contributed by atoms with E-state index >= 15 is 0 Å². The summed E-state index contributed by atoms with van der Waals surface area (Å²) >= 11 is 1.16. The lowest BCUT2D eigenvalue weighted by Crippen LogP contribution is -2.08. The first-order valence-corrected chi connectivity index (χ1v) is 7.84. The minimum absolute atomic E-state index is 0.231. The molecule has 0 bridgehead atoms. The summed E-state index contributed by atoms with van der Waals surface area (Å²) in [5, 5.41) is 3.38. The van der Waals surface area contributed by atoms with E-state index in [0.717, 1.165) is 30.3 Å². The fourth-order valence-corrected chi connectivity index (χ4v) is 3.00. The highest BCUT2D eigenvalue weighted by Crippen LogP contribution is 2.42. The average Bonchev–Trinajstić information content (AvgIpc) is 2.83. The maximum Gasteiger partial charge on any atom is 0.416 e. The topological polar surface area (TPSA) is 38.3 Å². The van der Waals surface area contributed by atoms with Crippen molar-refractivity contribution in [1.29, 1.82) is 0 Å². The van der Waals surface area contributed by atoms with E-state index < -0.39 is 11.7 Å². The number of benzene rings is 1. The van der Waals surface area contributed by atoms with Gasteiger partial charge in [-0.15, -0.1) is 0 Å². The molecule has 2 rings (SSSR count). The van der Waals surface area contributed by atoms with E-state index in [4.69, 9.17) is 4.74 Å². The number of Topliss-reactive ketones (excluding diaryl/α,β-unsaturated/α-hetero) is 1. The minimum atomic E-state index is -4.45. The van der Waals surface area contributed by atoms with Crippen molar-refractivity contribution in [3.05, 3.63) is 51.6 Å². The number of rotatable bonds is 5. The van der Waals surface area contributed by atoms with E-state index in [1.165, 1.54) is 18.4 Å². The minimum Gasteiger partial charge on any atom is -0.500 e. The number of halogens is 3. The Labute approximate surface area is 136 Å². The highest BCUT2D eigenvalue weighted by Gasteiger charge is 2.34. The van der Waals surface area contributed by atoms with E-state index in [9.17, 15) is 18.0 Å². The smallest absolute Gasteiger partial charge is 0.416 e. The molecule has 0 atom stereocenters. The van der Waals surface area contributed by atoms with Gasteiger partial charge in [0.25, 0.3) is 0 Å². The number of hydrogen-bond acceptors (Lipinski definition) is 4. The quantitative estimate of drug-likeness (QED) is 0.495. The third-order valence-corrected chi connectivity index (χ3v) is 4.22. The molecule has 124 valence electrons. The third-order valence-electron chi connectivity index (χ3n) is 3.11. The Hall–Kier alpha value is -1.89. The number of thioether (sulfide) groups is 1. The first-order valence-electron chi connectivity index (χ1n) is 7.02. The Morgan fingerprint density at radius 1 is 1.35 bits per heavy atom. The summed E-state index contributed by atoms with van der Waals surface area (Å²) in [5.74, 6) is -0.338. The maximum absolute atomic E-state index is 12.9. The molecule has 0 amide bonds. The first kappa shape index (κ1) is 17.5. The van der Waals surface area contributed by atoms with Crippen LogP contribution in [0, 0.1) is 0 Å². The summed E-state index contributed by atoms with van der Waals surface area (Å²) in [7, 11) is 1.62. The number of nitrogens with one attached hydrogen (secondary N) is 1. The number of ketones is 1. The Morgan fingerprint density at radius 3 is 2.70 bits per heavy atom. The second-order valence-electron chi connectivity index (χ2n) is 4.82. The summed E-state index contributed by atoms with van der Waals surface area (Å²) in [6.45, 7) is 2.42. The number of alkyl halides is 3. The molecule has 0 aromatic heterocycles. The molecule has 1 aromatic rings. The molecule has 0 radical (unpaired) electrons. The molecule has 0 saturated carbocycles. The van der Waals surface area contributed by atoms with Crippen molar-refractivity contribution in [2.45, 2.75) is 19.5 Å². The van der Waals surface area contributed by atoms with Crippen LogP contribution in [0.5, 0.6) is 0 Å². The molecule has 1 aliphatic rings. The van der Waals surface area contributed by atoms with Crippen LogP contribution in [0.25, 0.3) is 5.57 Å². The Morgan fingerprint density at radius 2 is 2.09 bits per heavy atom. The number of hydrogen-bond donors (Lipinski definition) is 1. The highest BCUT2D eigenvalue weighted by molar-refractivity contribution is 8.08. The zero-order valence-electron chi connectivity index (χ0n) is 12.7. The molecule has 1 N–H and O–H groups in total. The molecular weight excluding hydrogens is 327 g/mol. The fourth-order valence-electron chi connectivity index (χ4n) is 2.05. The summed E-state index contributed by atoms with van der Waals surface area (Å²) in [6.07, 6.45) is -2.28. The zero-order chi connectivity index (χ0) is 17.0. The van der Waals surface area contributed by atoms with Crippen molar-refractivity contribution in [3.8, 4) is 0 Å². The second-order valence-corrected chi connectivity index (χ2v) is 5.87. The van der Waals surface area contributed by atoms with Gasteiger partial charge < -0.3 is 10.1 Å². The fraction of sp³-hybridized carbons (Fsp3) is 0.312. The number of carbonyl (C=O) groups excluding carboxylic acids is 1. The monoisotopic (exact) mass is 343 g/mol. The van der Waals surface area contributed by atoms with Gasteiger partial charge in [-0.1, -0.05) is 30.8 Å². The third kappa shape index (κ3) is 3.90. The molecule has 1 aliphatic heterocycles. The van der Waals surface area contributed by atoms with Crippen molar-refractivity contribution in [2.24, 2.45) is 0 Å². The van der Waals surface area contributed by atoms with E-state index in [-0.39, 0.29) is 16.9 Å². The highest BCUT2D eigenvalue weighted by atomic mass is 32.2. The van der Waals surface area contributed by atoms with E-state index in [1.54, 1.807) is 7.05 Å². The van der Waals surface area contributed by atoms with Crippen LogP contribution in [-0.4, -0.2) is 19.4 Å². The number of carbonyl (C=O) groups is 1. The zero-order valence-corrected chi connectivity index (χ0v) is 13.5. The van der Waals surface area contributed by atoms with Crippen molar-refractivity contribution >= 4 is 23.1 Å². The van der Waals surface area contributed by atoms with Gasteiger partial charge in [-0.3, -0.25) is 4.79 Å². The van der Waals surface area contributed by atoms with Crippen LogP contribution < -0.4 is 5.32 Å². The normalized spacial score (nSPS) is 17.1. The van der Waals surface area contributed by atoms with E-state index in [0.29, 0.717) is 16.5 Å². The molecule has 3 nitrogen and oxygen atoms in total. The van der Waals surface area contributed by atoms with Crippen molar-refractivity contribution in [2.75, 3.05) is 13.7 Å². The van der Waals surface area contributed by atoms with Gasteiger partial charge in [-0.05, 0) is 24.1 Å². The number of ether oxygens (including phenoxy) is 1. The lowest BCUT2D eigenvalue weighted by atomic mass is 10.00. The summed E-state index contributed by atoms with van der Waals surface area (Å²) in [6, 6.07) is 4.76. The maximum atomic E-state index is 12.9. The van der Waals surface area contributed by atoms with Gasteiger partial charge in [0, 0.05) is 7.05 Å². The van der Waals surface area contributed by atoms with Gasteiger partial charge in [0.15, 0.2) is 0 Å². The van der Waals surface area contributed by atoms with Crippen LogP contribution in [0.3, 0.4) is 0 Å². The standard InChI is InChI=1S/C16H16F3NO2S/c1-3-7-22-9-12-14(21)13(15(20-2)23-12)10-5-4-6-11(8-10)16(17,18)19/h4-6,8-9,20H,3,7H2,1-2H3/b12-9+.